The van der Waals surface area contributed by atoms with Gasteiger partial charge in [0.1, 0.15) is 22.5 Å². The van der Waals surface area contributed by atoms with Crippen LogP contribution in [0, 0.1) is 18.3 Å². The van der Waals surface area contributed by atoms with Crippen LogP contribution in [0.3, 0.4) is 0 Å². The summed E-state index contributed by atoms with van der Waals surface area (Å²) >= 11 is 1.65. The fourth-order valence-corrected chi connectivity index (χ4v) is 3.68. The summed E-state index contributed by atoms with van der Waals surface area (Å²) in [6.07, 6.45) is 3.30. The fraction of sp³-hybridized carbons (Fsp3) is 0.333. The predicted molar refractivity (Wildman–Crippen MR) is 136 cm³/mol. The van der Waals surface area contributed by atoms with Gasteiger partial charge in [0, 0.05) is 24.2 Å². The molecule has 0 unspecified atom stereocenters. The first-order valence-corrected chi connectivity index (χ1v) is 10.7. The molecule has 2 aromatic heterocycles. The molecule has 3 rings (SSSR count). The molecule has 0 bridgehead atoms. The monoisotopic (exact) mass is 550 g/mol. The predicted octanol–water partition coefficient (Wildman–Crippen LogP) is 3.40. The second-order valence-electron chi connectivity index (χ2n) is 6.66. The molecule has 0 radical (unpaired) electrons. The largest absolute Gasteiger partial charge is 0.382 e. The Hall–Kier alpha value is -2.65. The molecule has 0 atom stereocenters. The summed E-state index contributed by atoms with van der Waals surface area (Å²) in [7, 11) is 0. The zero-order chi connectivity index (χ0) is 21.3. The molecule has 0 saturated carbocycles. The number of anilines is 1. The van der Waals surface area contributed by atoms with Crippen LogP contribution in [0.4, 0.5) is 5.82 Å². The van der Waals surface area contributed by atoms with Crippen LogP contribution in [0.5, 0.6) is 0 Å². The molecule has 10 heteroatoms. The van der Waals surface area contributed by atoms with Gasteiger partial charge >= 0.3 is 0 Å². The Morgan fingerprint density at radius 1 is 1.29 bits per heavy atom. The fourth-order valence-electron chi connectivity index (χ4n) is 2.97. The zero-order valence-corrected chi connectivity index (χ0v) is 20.8. The Kier molecular flexibility index (Phi) is 9.74. The number of halogens is 1. The zero-order valence-electron chi connectivity index (χ0n) is 17.6. The number of rotatable bonds is 8. The molecule has 4 N–H and O–H groups in total. The molecule has 0 saturated heterocycles. The first-order chi connectivity index (χ1) is 14.6. The van der Waals surface area contributed by atoms with E-state index in [4.69, 9.17) is 5.73 Å². The summed E-state index contributed by atoms with van der Waals surface area (Å²) in [5.74, 6) is 1.13. The van der Waals surface area contributed by atoms with Crippen molar-refractivity contribution in [1.29, 1.82) is 5.26 Å². The third kappa shape index (κ3) is 6.67. The number of hydrogen-bond acceptors (Lipinski definition) is 6. The van der Waals surface area contributed by atoms with Crippen molar-refractivity contribution in [2.24, 2.45) is 4.99 Å². The molecule has 31 heavy (non-hydrogen) atoms. The summed E-state index contributed by atoms with van der Waals surface area (Å²) in [6, 6.07) is 11.8. The van der Waals surface area contributed by atoms with Crippen LogP contribution in [0.15, 0.2) is 41.5 Å². The van der Waals surface area contributed by atoms with Gasteiger partial charge < -0.3 is 16.4 Å². The van der Waals surface area contributed by atoms with E-state index in [9.17, 15) is 5.26 Å². The number of aryl methyl sites for hydroxylation is 2. The minimum absolute atomic E-state index is 0. The standard InChI is InChI=1S/C21H26N8S.HI/c1-3-24-21(27-14-19-26-13-15(2)30-19)25-11-7-10-18-17(12-22)20(23)29(28-18)16-8-5-4-6-9-16;/h4-6,8-9,13H,3,7,10-11,14,23H2,1-2H3,(H2,24,25,27);1H. The number of hydrogen-bond donors (Lipinski definition) is 3. The number of aromatic nitrogens is 3. The van der Waals surface area contributed by atoms with Crippen molar-refractivity contribution in [2.45, 2.75) is 33.2 Å². The number of benzene rings is 1. The third-order valence-corrected chi connectivity index (χ3v) is 5.27. The van der Waals surface area contributed by atoms with Gasteiger partial charge in [-0.3, -0.25) is 0 Å². The van der Waals surface area contributed by atoms with Gasteiger partial charge in [-0.2, -0.15) is 10.4 Å². The van der Waals surface area contributed by atoms with Gasteiger partial charge in [-0.25, -0.2) is 14.7 Å². The van der Waals surface area contributed by atoms with Gasteiger partial charge in [-0.05, 0) is 38.8 Å². The number of para-hydroxylation sites is 1. The second-order valence-corrected chi connectivity index (χ2v) is 7.98. The molecule has 0 spiro atoms. The van der Waals surface area contributed by atoms with Crippen molar-refractivity contribution < 1.29 is 0 Å². The third-order valence-electron chi connectivity index (χ3n) is 4.37. The molecule has 1 aromatic carbocycles. The molecule has 164 valence electrons. The molecule has 8 nitrogen and oxygen atoms in total. The average Bonchev–Trinajstić information content (AvgIpc) is 3.32. The van der Waals surface area contributed by atoms with Crippen LogP contribution < -0.4 is 16.4 Å². The molecular formula is C21H27IN8S. The van der Waals surface area contributed by atoms with E-state index in [2.05, 4.69) is 31.8 Å². The number of thiazole rings is 1. The van der Waals surface area contributed by atoms with Crippen LogP contribution in [0.2, 0.25) is 0 Å². The van der Waals surface area contributed by atoms with E-state index in [0.29, 0.717) is 36.6 Å². The topological polar surface area (TPSA) is 117 Å². The number of nitrogen functional groups attached to an aromatic ring is 1. The van der Waals surface area contributed by atoms with E-state index in [-0.39, 0.29) is 24.0 Å². The summed E-state index contributed by atoms with van der Waals surface area (Å²) in [4.78, 5) is 10.1. The van der Waals surface area contributed by atoms with Gasteiger partial charge in [0.25, 0.3) is 0 Å². The van der Waals surface area contributed by atoms with Gasteiger partial charge in [0.15, 0.2) is 5.96 Å². The van der Waals surface area contributed by atoms with Crippen molar-refractivity contribution >= 4 is 47.1 Å². The van der Waals surface area contributed by atoms with E-state index in [0.717, 1.165) is 29.6 Å². The number of nitriles is 1. The number of nitrogens with one attached hydrogen (secondary N) is 2. The lowest BCUT2D eigenvalue weighted by atomic mass is 10.1. The molecule has 0 aliphatic heterocycles. The van der Waals surface area contributed by atoms with Crippen LogP contribution in [0.1, 0.15) is 34.5 Å². The van der Waals surface area contributed by atoms with Crippen molar-refractivity contribution in [3.05, 3.63) is 57.7 Å². The maximum absolute atomic E-state index is 9.52. The van der Waals surface area contributed by atoms with Crippen molar-refractivity contribution in [2.75, 3.05) is 18.8 Å². The Bertz CT molecular complexity index is 1040. The van der Waals surface area contributed by atoms with Crippen LogP contribution >= 0.6 is 35.3 Å². The molecule has 0 aliphatic carbocycles. The first kappa shape index (κ1) is 24.6. The molecule has 2 heterocycles. The van der Waals surface area contributed by atoms with Crippen molar-refractivity contribution in [1.82, 2.24) is 25.4 Å². The Morgan fingerprint density at radius 2 is 2.06 bits per heavy atom. The maximum atomic E-state index is 9.52. The highest BCUT2D eigenvalue weighted by molar-refractivity contribution is 14.0. The van der Waals surface area contributed by atoms with E-state index in [1.54, 1.807) is 16.0 Å². The second kappa shape index (κ2) is 12.3. The molecule has 0 amide bonds. The van der Waals surface area contributed by atoms with Crippen LogP contribution in [-0.2, 0) is 13.0 Å². The lowest BCUT2D eigenvalue weighted by molar-refractivity contribution is 0.722. The highest BCUT2D eigenvalue weighted by atomic mass is 127. The Balaban J connectivity index is 0.00000341. The van der Waals surface area contributed by atoms with Gasteiger partial charge in [-0.15, -0.1) is 35.3 Å². The van der Waals surface area contributed by atoms with E-state index >= 15 is 0 Å². The van der Waals surface area contributed by atoms with E-state index in [1.165, 1.54) is 4.88 Å². The number of guanidine groups is 1. The summed E-state index contributed by atoms with van der Waals surface area (Å²) in [6.45, 7) is 6.09. The average molecular weight is 550 g/mol. The van der Waals surface area contributed by atoms with E-state index < -0.39 is 0 Å². The lowest BCUT2D eigenvalue weighted by Crippen LogP contribution is -2.37. The Labute approximate surface area is 203 Å². The van der Waals surface area contributed by atoms with Crippen LogP contribution in [0.25, 0.3) is 5.69 Å². The lowest BCUT2D eigenvalue weighted by Gasteiger charge is -2.10. The maximum Gasteiger partial charge on any atom is 0.191 e. The van der Waals surface area contributed by atoms with Crippen molar-refractivity contribution in [3.8, 4) is 11.8 Å². The van der Waals surface area contributed by atoms with Gasteiger partial charge in [0.2, 0.25) is 0 Å². The quantitative estimate of drug-likeness (QED) is 0.171. The highest BCUT2D eigenvalue weighted by Gasteiger charge is 2.16. The Morgan fingerprint density at radius 3 is 2.71 bits per heavy atom. The van der Waals surface area contributed by atoms with Gasteiger partial charge in [-0.1, -0.05) is 18.2 Å². The SMILES string of the molecule is CCNC(=NCc1ncc(C)s1)NCCCc1nn(-c2ccccc2)c(N)c1C#N.I. The molecule has 0 fully saturated rings. The summed E-state index contributed by atoms with van der Waals surface area (Å²) in [5, 5.41) is 21.6. The molecule has 0 aliphatic rings. The summed E-state index contributed by atoms with van der Waals surface area (Å²) < 4.78 is 1.63. The van der Waals surface area contributed by atoms with Gasteiger partial charge in [0.05, 0.1) is 17.9 Å². The van der Waals surface area contributed by atoms with Crippen LogP contribution in [-0.4, -0.2) is 33.8 Å². The number of nitrogens with zero attached hydrogens (tertiary/aromatic N) is 5. The first-order valence-electron chi connectivity index (χ1n) is 9.88. The minimum atomic E-state index is 0. The molecular weight excluding hydrogens is 523 g/mol. The molecule has 3 aromatic rings. The number of nitrogens with two attached hydrogens (primary N) is 1. The van der Waals surface area contributed by atoms with E-state index in [1.807, 2.05) is 50.4 Å². The van der Waals surface area contributed by atoms with Crippen molar-refractivity contribution in [3.63, 3.8) is 0 Å². The normalized spacial score (nSPS) is 10.9. The smallest absolute Gasteiger partial charge is 0.191 e. The summed E-state index contributed by atoms with van der Waals surface area (Å²) in [5.41, 5.74) is 8.16. The minimum Gasteiger partial charge on any atom is -0.382 e. The number of aliphatic imine (C=N–C) groups is 1. The highest BCUT2D eigenvalue weighted by Crippen LogP contribution is 2.21.